The number of rotatable bonds is 2. The van der Waals surface area contributed by atoms with E-state index in [1.165, 1.54) is 18.4 Å². The molecule has 0 fully saturated rings. The van der Waals surface area contributed by atoms with Crippen molar-refractivity contribution in [1.82, 2.24) is 4.57 Å². The number of carbonyl (C=O) groups is 2. The van der Waals surface area contributed by atoms with Gasteiger partial charge in [0.2, 0.25) is 5.91 Å². The number of aromatic nitrogens is 1. The minimum atomic E-state index is -0.430. The topological polar surface area (TPSA) is 48.3 Å². The quantitative estimate of drug-likeness (QED) is 0.795. The molecule has 2 rings (SSSR count). The second kappa shape index (κ2) is 5.40. The molecule has 0 radical (unpaired) electrons. The zero-order chi connectivity index (χ0) is 14.0. The molecule has 0 bridgehead atoms. The molecule has 1 heterocycles. The van der Waals surface area contributed by atoms with E-state index in [0.29, 0.717) is 16.0 Å². The number of nitrogens with zero attached hydrogens (tertiary/aromatic N) is 1. The van der Waals surface area contributed by atoms with Crippen LogP contribution in [-0.2, 0) is 4.79 Å². The van der Waals surface area contributed by atoms with E-state index in [4.69, 9.17) is 4.74 Å². The van der Waals surface area contributed by atoms with E-state index < -0.39 is 5.97 Å². The Morgan fingerprint density at radius 2 is 1.79 bits per heavy atom. The zero-order valence-electron chi connectivity index (χ0n) is 10.5. The van der Waals surface area contributed by atoms with Crippen LogP contribution in [0, 0.1) is 0 Å². The summed E-state index contributed by atoms with van der Waals surface area (Å²) in [4.78, 5) is 22.8. The first kappa shape index (κ1) is 13.5. The second-order valence-corrected chi connectivity index (χ2v) is 4.75. The van der Waals surface area contributed by atoms with E-state index in [0.717, 1.165) is 5.56 Å². The average molecular weight is 322 g/mol. The molecule has 0 aliphatic carbocycles. The van der Waals surface area contributed by atoms with Gasteiger partial charge in [-0.1, -0.05) is 30.3 Å². The standard InChI is InChI=1S/C14H12BrNO3/c1-9(17)16-12(11-6-4-3-5-7-11)8-13(14(16)15)19-10(2)18/h3-8H,1-2H3. The molecule has 0 atom stereocenters. The first-order valence-corrected chi connectivity index (χ1v) is 6.46. The SMILES string of the molecule is CC(=O)Oc1cc(-c2ccccc2)n(C(C)=O)c1Br. The van der Waals surface area contributed by atoms with Crippen LogP contribution in [0.3, 0.4) is 0 Å². The summed E-state index contributed by atoms with van der Waals surface area (Å²) < 4.78 is 6.98. The Bertz CT molecular complexity index is 632. The van der Waals surface area contributed by atoms with Crippen molar-refractivity contribution < 1.29 is 14.3 Å². The van der Waals surface area contributed by atoms with E-state index in [1.807, 2.05) is 30.3 Å². The normalized spacial score (nSPS) is 10.3. The van der Waals surface area contributed by atoms with Crippen molar-refractivity contribution in [2.45, 2.75) is 13.8 Å². The largest absolute Gasteiger partial charge is 0.424 e. The van der Waals surface area contributed by atoms with Gasteiger partial charge in [0, 0.05) is 19.9 Å². The van der Waals surface area contributed by atoms with Gasteiger partial charge in [0.15, 0.2) is 5.75 Å². The van der Waals surface area contributed by atoms with E-state index in [2.05, 4.69) is 15.9 Å². The van der Waals surface area contributed by atoms with Crippen molar-refractivity contribution in [1.29, 1.82) is 0 Å². The second-order valence-electron chi connectivity index (χ2n) is 4.00. The summed E-state index contributed by atoms with van der Waals surface area (Å²) in [6.07, 6.45) is 0. The lowest BCUT2D eigenvalue weighted by molar-refractivity contribution is -0.131. The van der Waals surface area contributed by atoms with Crippen LogP contribution in [0.4, 0.5) is 0 Å². The minimum absolute atomic E-state index is 0.163. The van der Waals surface area contributed by atoms with Crippen LogP contribution in [0.15, 0.2) is 41.0 Å². The summed E-state index contributed by atoms with van der Waals surface area (Å²) in [7, 11) is 0. The van der Waals surface area contributed by atoms with Crippen molar-refractivity contribution in [2.24, 2.45) is 0 Å². The van der Waals surface area contributed by atoms with Crippen LogP contribution in [0.25, 0.3) is 11.3 Å². The predicted molar refractivity (Wildman–Crippen MR) is 75.2 cm³/mol. The summed E-state index contributed by atoms with van der Waals surface area (Å²) in [5.74, 6) is -0.258. The number of esters is 1. The molecule has 0 spiro atoms. The van der Waals surface area contributed by atoms with Crippen LogP contribution in [0.5, 0.6) is 5.75 Å². The molecule has 2 aromatic rings. The molecule has 1 aromatic heterocycles. The molecule has 0 unspecified atom stereocenters. The summed E-state index contributed by atoms with van der Waals surface area (Å²) in [6.45, 7) is 2.77. The number of benzene rings is 1. The first-order valence-electron chi connectivity index (χ1n) is 5.66. The maximum atomic E-state index is 11.8. The van der Waals surface area contributed by atoms with Crippen LogP contribution in [0.2, 0.25) is 0 Å². The molecule has 0 amide bonds. The molecule has 0 aliphatic heterocycles. The lowest BCUT2D eigenvalue weighted by atomic mass is 10.1. The van der Waals surface area contributed by atoms with Gasteiger partial charge in [-0.2, -0.15) is 0 Å². The molecule has 0 saturated heterocycles. The Morgan fingerprint density at radius 3 is 2.32 bits per heavy atom. The Balaban J connectivity index is 2.60. The molecule has 0 aliphatic rings. The molecule has 5 heteroatoms. The molecule has 0 N–H and O–H groups in total. The molecule has 19 heavy (non-hydrogen) atoms. The predicted octanol–water partition coefficient (Wildman–Crippen LogP) is 3.50. The minimum Gasteiger partial charge on any atom is -0.424 e. The van der Waals surface area contributed by atoms with Gasteiger partial charge in [0.1, 0.15) is 4.60 Å². The van der Waals surface area contributed by atoms with E-state index in [1.54, 1.807) is 6.07 Å². The molecule has 4 nitrogen and oxygen atoms in total. The third-order valence-electron chi connectivity index (χ3n) is 2.55. The Hall–Kier alpha value is -1.88. The maximum absolute atomic E-state index is 11.8. The summed E-state index contributed by atoms with van der Waals surface area (Å²) in [5, 5.41) is 0. The lowest BCUT2D eigenvalue weighted by Crippen LogP contribution is -2.08. The third kappa shape index (κ3) is 2.76. The van der Waals surface area contributed by atoms with E-state index >= 15 is 0 Å². The highest BCUT2D eigenvalue weighted by Gasteiger charge is 2.19. The van der Waals surface area contributed by atoms with Gasteiger partial charge < -0.3 is 4.74 Å². The fourth-order valence-corrected chi connectivity index (χ4v) is 2.46. The smallest absolute Gasteiger partial charge is 0.308 e. The van der Waals surface area contributed by atoms with Crippen LogP contribution in [-0.4, -0.2) is 16.4 Å². The van der Waals surface area contributed by atoms with Gasteiger partial charge in [-0.25, -0.2) is 0 Å². The summed E-state index contributed by atoms with van der Waals surface area (Å²) in [5.41, 5.74) is 1.55. The van der Waals surface area contributed by atoms with Crippen molar-refractivity contribution in [2.75, 3.05) is 0 Å². The highest BCUT2D eigenvalue weighted by Crippen LogP contribution is 2.35. The molecule has 0 saturated carbocycles. The van der Waals surface area contributed by atoms with Crippen molar-refractivity contribution >= 4 is 27.8 Å². The fourth-order valence-electron chi connectivity index (χ4n) is 1.82. The number of hydrogen-bond donors (Lipinski definition) is 0. The fraction of sp³-hybridized carbons (Fsp3) is 0.143. The average Bonchev–Trinajstić information content (AvgIpc) is 2.67. The summed E-state index contributed by atoms with van der Waals surface area (Å²) in [6, 6.07) is 11.1. The zero-order valence-corrected chi connectivity index (χ0v) is 12.1. The van der Waals surface area contributed by atoms with Gasteiger partial charge in [-0.15, -0.1) is 0 Å². The van der Waals surface area contributed by atoms with Crippen molar-refractivity contribution in [3.8, 4) is 17.0 Å². The van der Waals surface area contributed by atoms with Crippen molar-refractivity contribution in [3.05, 3.63) is 41.0 Å². The highest BCUT2D eigenvalue weighted by atomic mass is 79.9. The molecule has 98 valence electrons. The number of carbonyl (C=O) groups excluding carboxylic acids is 2. The number of ether oxygens (including phenoxy) is 1. The van der Waals surface area contributed by atoms with Gasteiger partial charge in [-0.05, 0) is 21.5 Å². The Morgan fingerprint density at radius 1 is 1.16 bits per heavy atom. The van der Waals surface area contributed by atoms with E-state index in [9.17, 15) is 9.59 Å². The van der Waals surface area contributed by atoms with Gasteiger partial charge in [-0.3, -0.25) is 14.2 Å². The maximum Gasteiger partial charge on any atom is 0.308 e. The van der Waals surface area contributed by atoms with Gasteiger partial charge in [0.25, 0.3) is 0 Å². The van der Waals surface area contributed by atoms with Crippen LogP contribution in [0.1, 0.15) is 18.6 Å². The van der Waals surface area contributed by atoms with Gasteiger partial charge in [0.05, 0.1) is 5.69 Å². The lowest BCUT2D eigenvalue weighted by Gasteiger charge is -2.06. The Labute approximate surface area is 119 Å². The first-order chi connectivity index (χ1) is 9.00. The van der Waals surface area contributed by atoms with Crippen molar-refractivity contribution in [3.63, 3.8) is 0 Å². The monoisotopic (exact) mass is 321 g/mol. The Kier molecular flexibility index (Phi) is 3.85. The van der Waals surface area contributed by atoms with Crippen LogP contribution < -0.4 is 4.74 Å². The van der Waals surface area contributed by atoms with E-state index in [-0.39, 0.29) is 5.91 Å². The van der Waals surface area contributed by atoms with Gasteiger partial charge >= 0.3 is 5.97 Å². The van der Waals surface area contributed by atoms with Crippen LogP contribution >= 0.6 is 15.9 Å². The summed E-state index contributed by atoms with van der Waals surface area (Å²) >= 11 is 3.29. The molecular formula is C14H12BrNO3. The third-order valence-corrected chi connectivity index (χ3v) is 3.29. The highest BCUT2D eigenvalue weighted by molar-refractivity contribution is 9.10. The molecular weight excluding hydrogens is 310 g/mol. The number of hydrogen-bond acceptors (Lipinski definition) is 3. The molecule has 1 aromatic carbocycles. The number of halogens is 1.